The fourth-order valence-corrected chi connectivity index (χ4v) is 2.87. The monoisotopic (exact) mass is 339 g/mol. The molecule has 0 spiro atoms. The van der Waals surface area contributed by atoms with Gasteiger partial charge >= 0.3 is 0 Å². The molecule has 2 rings (SSSR count). The zero-order valence-electron chi connectivity index (χ0n) is 11.7. The van der Waals surface area contributed by atoms with Crippen molar-refractivity contribution in [1.82, 2.24) is 15.1 Å². The first-order valence-corrected chi connectivity index (χ1v) is 7.58. The molecule has 0 aliphatic carbocycles. The summed E-state index contributed by atoms with van der Waals surface area (Å²) in [6, 6.07) is 6.80. The molecule has 20 heavy (non-hydrogen) atoms. The van der Waals surface area contributed by atoms with E-state index >= 15 is 0 Å². The largest absolute Gasteiger partial charge is 0.311 e. The topological polar surface area (TPSA) is 29.9 Å². The van der Waals surface area contributed by atoms with Gasteiger partial charge in [-0.1, -0.05) is 19.1 Å². The Labute approximate surface area is 127 Å². The molecule has 108 valence electrons. The fraction of sp³-hybridized carbons (Fsp3) is 0.400. The van der Waals surface area contributed by atoms with Crippen molar-refractivity contribution >= 4 is 15.9 Å². The quantitative estimate of drug-likeness (QED) is 0.869. The number of hydrogen-bond acceptors (Lipinski definition) is 2. The van der Waals surface area contributed by atoms with E-state index in [1.807, 2.05) is 30.1 Å². The molecule has 0 aliphatic heterocycles. The maximum atomic E-state index is 13.0. The minimum absolute atomic E-state index is 0.142. The first kappa shape index (κ1) is 15.2. The van der Waals surface area contributed by atoms with E-state index < -0.39 is 0 Å². The highest BCUT2D eigenvalue weighted by atomic mass is 79.9. The van der Waals surface area contributed by atoms with Crippen LogP contribution in [0.15, 0.2) is 34.9 Å². The number of likely N-dealkylation sites (N-methyl/N-ethyl adjacent to an activating group) is 1. The summed E-state index contributed by atoms with van der Waals surface area (Å²) >= 11 is 3.57. The molecule has 1 aromatic carbocycles. The zero-order valence-corrected chi connectivity index (χ0v) is 13.3. The molecular formula is C15H19BrFN3. The van der Waals surface area contributed by atoms with Crippen LogP contribution in [0.4, 0.5) is 4.39 Å². The highest BCUT2D eigenvalue weighted by molar-refractivity contribution is 9.10. The van der Waals surface area contributed by atoms with Gasteiger partial charge in [0.1, 0.15) is 5.82 Å². The van der Waals surface area contributed by atoms with Crippen molar-refractivity contribution in [2.75, 3.05) is 7.05 Å². The van der Waals surface area contributed by atoms with Gasteiger partial charge in [0.05, 0.1) is 22.4 Å². The number of aromatic nitrogens is 2. The lowest BCUT2D eigenvalue weighted by atomic mass is 10.0. The average Bonchev–Trinajstić information content (AvgIpc) is 2.80. The third-order valence-electron chi connectivity index (χ3n) is 3.30. The molecule has 1 atom stereocenters. The normalized spacial score (nSPS) is 12.6. The van der Waals surface area contributed by atoms with Crippen LogP contribution in [0.5, 0.6) is 0 Å². The minimum Gasteiger partial charge on any atom is -0.311 e. The number of benzene rings is 1. The predicted octanol–water partition coefficient (Wildman–Crippen LogP) is 3.70. The number of hydrogen-bond donors (Lipinski definition) is 1. The molecule has 1 heterocycles. The Morgan fingerprint density at radius 1 is 1.35 bits per heavy atom. The maximum absolute atomic E-state index is 13.0. The Morgan fingerprint density at radius 3 is 2.65 bits per heavy atom. The van der Waals surface area contributed by atoms with Crippen LogP contribution in [0.2, 0.25) is 0 Å². The van der Waals surface area contributed by atoms with Crippen molar-refractivity contribution in [2.24, 2.45) is 0 Å². The van der Waals surface area contributed by atoms with Crippen molar-refractivity contribution < 1.29 is 4.39 Å². The standard InChI is InChI=1S/C15H19BrFN3/c1-3-8-20-15(13(16)10-19-20)14(18-2)9-11-4-6-12(17)7-5-11/h4-7,10,14,18H,3,8-9H2,1-2H3. The number of nitrogens with zero attached hydrogens (tertiary/aromatic N) is 2. The summed E-state index contributed by atoms with van der Waals surface area (Å²) in [4.78, 5) is 0. The zero-order chi connectivity index (χ0) is 14.5. The van der Waals surface area contributed by atoms with Gasteiger partial charge in [0.2, 0.25) is 0 Å². The lowest BCUT2D eigenvalue weighted by molar-refractivity contribution is 0.495. The van der Waals surface area contributed by atoms with Crippen molar-refractivity contribution in [3.8, 4) is 0 Å². The molecule has 0 bridgehead atoms. The lowest BCUT2D eigenvalue weighted by Gasteiger charge is -2.19. The second-order valence-corrected chi connectivity index (χ2v) is 5.63. The van der Waals surface area contributed by atoms with Crippen molar-refractivity contribution in [3.05, 3.63) is 52.0 Å². The molecule has 0 saturated carbocycles. The lowest BCUT2D eigenvalue weighted by Crippen LogP contribution is -2.23. The molecule has 1 N–H and O–H groups in total. The highest BCUT2D eigenvalue weighted by Gasteiger charge is 2.18. The highest BCUT2D eigenvalue weighted by Crippen LogP contribution is 2.26. The third kappa shape index (κ3) is 3.46. The third-order valence-corrected chi connectivity index (χ3v) is 3.91. The van der Waals surface area contributed by atoms with Crippen LogP contribution >= 0.6 is 15.9 Å². The summed E-state index contributed by atoms with van der Waals surface area (Å²) in [5, 5.41) is 7.72. The molecule has 0 saturated heterocycles. The van der Waals surface area contributed by atoms with E-state index in [-0.39, 0.29) is 11.9 Å². The average molecular weight is 340 g/mol. The summed E-state index contributed by atoms with van der Waals surface area (Å²) in [7, 11) is 1.93. The molecule has 3 nitrogen and oxygen atoms in total. The molecular weight excluding hydrogens is 321 g/mol. The maximum Gasteiger partial charge on any atom is 0.123 e. The summed E-state index contributed by atoms with van der Waals surface area (Å²) < 4.78 is 16.0. The van der Waals surface area contributed by atoms with Gasteiger partial charge in [0.15, 0.2) is 0 Å². The summed E-state index contributed by atoms with van der Waals surface area (Å²) in [5.74, 6) is -0.202. The van der Waals surface area contributed by atoms with E-state index in [2.05, 4.69) is 33.3 Å². The number of rotatable bonds is 6. The SMILES string of the molecule is CCCn1ncc(Br)c1C(Cc1ccc(F)cc1)NC. The molecule has 5 heteroatoms. The van der Waals surface area contributed by atoms with E-state index in [0.717, 1.165) is 35.1 Å². The Bertz CT molecular complexity index is 551. The van der Waals surface area contributed by atoms with Crippen molar-refractivity contribution in [2.45, 2.75) is 32.4 Å². The van der Waals surface area contributed by atoms with Gasteiger partial charge in [0, 0.05) is 6.54 Å². The van der Waals surface area contributed by atoms with Crippen molar-refractivity contribution in [1.29, 1.82) is 0 Å². The first-order valence-electron chi connectivity index (χ1n) is 6.78. The fourth-order valence-electron chi connectivity index (χ4n) is 2.30. The van der Waals surface area contributed by atoms with Crippen LogP contribution < -0.4 is 5.32 Å². The van der Waals surface area contributed by atoms with Gasteiger partial charge in [0.25, 0.3) is 0 Å². The summed E-state index contributed by atoms with van der Waals surface area (Å²) in [6.07, 6.45) is 3.67. The van der Waals surface area contributed by atoms with Crippen LogP contribution in [0.3, 0.4) is 0 Å². The second-order valence-electron chi connectivity index (χ2n) is 4.77. The van der Waals surface area contributed by atoms with Gasteiger partial charge < -0.3 is 5.32 Å². The molecule has 0 radical (unpaired) electrons. The minimum atomic E-state index is -0.202. The van der Waals surface area contributed by atoms with Gasteiger partial charge in [-0.05, 0) is 53.5 Å². The first-order chi connectivity index (χ1) is 9.65. The Morgan fingerprint density at radius 2 is 2.05 bits per heavy atom. The second kappa shape index (κ2) is 6.99. The van der Waals surface area contributed by atoms with Crippen molar-refractivity contribution in [3.63, 3.8) is 0 Å². The van der Waals surface area contributed by atoms with Crippen LogP contribution in [-0.4, -0.2) is 16.8 Å². The smallest absolute Gasteiger partial charge is 0.123 e. The molecule has 0 amide bonds. The van der Waals surface area contributed by atoms with Gasteiger partial charge in [-0.3, -0.25) is 4.68 Å². The Kier molecular flexibility index (Phi) is 5.31. The number of nitrogens with one attached hydrogen (secondary N) is 1. The van der Waals surface area contributed by atoms with Gasteiger partial charge in [-0.2, -0.15) is 5.10 Å². The van der Waals surface area contributed by atoms with E-state index in [4.69, 9.17) is 0 Å². The molecule has 2 aromatic rings. The van der Waals surface area contributed by atoms with Crippen LogP contribution in [0, 0.1) is 5.82 Å². The number of halogens is 2. The predicted molar refractivity (Wildman–Crippen MR) is 82.1 cm³/mol. The van der Waals surface area contributed by atoms with Gasteiger partial charge in [-0.15, -0.1) is 0 Å². The molecule has 1 unspecified atom stereocenters. The molecule has 0 fully saturated rings. The Balaban J connectivity index is 2.23. The van der Waals surface area contributed by atoms with E-state index in [9.17, 15) is 4.39 Å². The summed E-state index contributed by atoms with van der Waals surface area (Å²) in [6.45, 7) is 3.02. The number of aryl methyl sites for hydroxylation is 1. The van der Waals surface area contributed by atoms with Gasteiger partial charge in [-0.25, -0.2) is 4.39 Å². The molecule has 1 aromatic heterocycles. The summed E-state index contributed by atoms with van der Waals surface area (Å²) in [5.41, 5.74) is 2.24. The van der Waals surface area contributed by atoms with E-state index in [1.165, 1.54) is 12.1 Å². The van der Waals surface area contributed by atoms with Crippen LogP contribution in [0.1, 0.15) is 30.6 Å². The van der Waals surface area contributed by atoms with Crippen LogP contribution in [-0.2, 0) is 13.0 Å². The van der Waals surface area contributed by atoms with E-state index in [0.29, 0.717) is 0 Å². The van der Waals surface area contributed by atoms with E-state index in [1.54, 1.807) is 0 Å². The Hall–Kier alpha value is -1.20. The molecule has 0 aliphatic rings. The van der Waals surface area contributed by atoms with Crippen LogP contribution in [0.25, 0.3) is 0 Å².